The van der Waals surface area contributed by atoms with Gasteiger partial charge in [0.2, 0.25) is 15.9 Å². The van der Waals surface area contributed by atoms with E-state index in [1.807, 2.05) is 24.3 Å². The number of benzene rings is 1. The largest absolute Gasteiger partial charge is 0.495 e. The number of aromatic nitrogens is 2. The summed E-state index contributed by atoms with van der Waals surface area (Å²) in [6.07, 6.45) is 7.74. The van der Waals surface area contributed by atoms with E-state index in [1.54, 1.807) is 14.0 Å². The third-order valence-electron chi connectivity index (χ3n) is 7.60. The highest BCUT2D eigenvalue weighted by molar-refractivity contribution is 7.89. The molecule has 3 heterocycles. The van der Waals surface area contributed by atoms with Crippen LogP contribution >= 0.6 is 11.3 Å². The number of rotatable bonds is 7. The van der Waals surface area contributed by atoms with E-state index in [-0.39, 0.29) is 41.9 Å². The highest BCUT2D eigenvalue weighted by atomic mass is 32.2. The average Bonchev–Trinajstić information content (AvgIpc) is 3.09. The number of para-hydroxylation sites is 2. The van der Waals surface area contributed by atoms with Gasteiger partial charge in [-0.25, -0.2) is 13.4 Å². The van der Waals surface area contributed by atoms with Gasteiger partial charge in [0.1, 0.15) is 22.0 Å². The van der Waals surface area contributed by atoms with Crippen LogP contribution in [0.1, 0.15) is 43.4 Å². The molecule has 0 unspecified atom stereocenters. The van der Waals surface area contributed by atoms with Crippen molar-refractivity contribution in [2.75, 3.05) is 38.2 Å². The molecule has 0 bridgehead atoms. The SMILES string of the molecule is COc1ccccc1N1CCN(S(=O)(=O)c2c(C)sc3ncn(CC(=O)NC4CCCCCC4)c(=O)c23)CC1. The second-order valence-electron chi connectivity index (χ2n) is 10.2. The van der Waals surface area contributed by atoms with Crippen molar-refractivity contribution in [2.24, 2.45) is 0 Å². The fraction of sp³-hybridized carbons (Fsp3) is 0.519. The van der Waals surface area contributed by atoms with Crippen LogP contribution in [0.5, 0.6) is 5.75 Å². The normalized spacial score (nSPS) is 17.7. The third kappa shape index (κ3) is 5.68. The van der Waals surface area contributed by atoms with Crippen LogP contribution in [0.2, 0.25) is 0 Å². The van der Waals surface area contributed by atoms with E-state index in [0.717, 1.165) is 37.1 Å². The number of amides is 1. The van der Waals surface area contributed by atoms with Crippen molar-refractivity contribution in [3.8, 4) is 5.75 Å². The zero-order valence-corrected chi connectivity index (χ0v) is 24.0. The molecule has 0 atom stereocenters. The number of carbonyl (C=O) groups is 1. The number of sulfonamides is 1. The van der Waals surface area contributed by atoms with Gasteiger partial charge in [0.05, 0.1) is 24.5 Å². The van der Waals surface area contributed by atoms with E-state index in [1.165, 1.54) is 39.4 Å². The summed E-state index contributed by atoms with van der Waals surface area (Å²) in [5, 5.41) is 3.11. The first-order valence-electron chi connectivity index (χ1n) is 13.5. The van der Waals surface area contributed by atoms with Crippen molar-refractivity contribution >= 4 is 43.2 Å². The van der Waals surface area contributed by atoms with Crippen LogP contribution in [-0.2, 0) is 21.4 Å². The van der Waals surface area contributed by atoms with Crippen molar-refractivity contribution in [3.63, 3.8) is 0 Å². The molecule has 1 aromatic carbocycles. The van der Waals surface area contributed by atoms with Crippen LogP contribution in [0, 0.1) is 6.92 Å². The molecule has 1 saturated heterocycles. The number of thiophene rings is 1. The number of fused-ring (bicyclic) bond motifs is 1. The monoisotopic (exact) mass is 573 g/mol. The first kappa shape index (κ1) is 27.6. The maximum absolute atomic E-state index is 13.9. The summed E-state index contributed by atoms with van der Waals surface area (Å²) >= 11 is 1.19. The van der Waals surface area contributed by atoms with Crippen LogP contribution in [0.3, 0.4) is 0 Å². The summed E-state index contributed by atoms with van der Waals surface area (Å²) in [5.74, 6) is 0.483. The van der Waals surface area contributed by atoms with Crippen molar-refractivity contribution in [1.29, 1.82) is 0 Å². The lowest BCUT2D eigenvalue weighted by molar-refractivity contribution is -0.122. The van der Waals surface area contributed by atoms with Crippen molar-refractivity contribution in [2.45, 2.75) is 62.9 Å². The second-order valence-corrected chi connectivity index (χ2v) is 13.2. The van der Waals surface area contributed by atoms with Gasteiger partial charge in [-0.3, -0.25) is 14.2 Å². The Hall–Kier alpha value is -2.96. The van der Waals surface area contributed by atoms with Gasteiger partial charge in [-0.05, 0) is 31.9 Å². The number of anilines is 1. The minimum Gasteiger partial charge on any atom is -0.495 e. The van der Waals surface area contributed by atoms with Crippen LogP contribution in [0.15, 0.2) is 40.3 Å². The lowest BCUT2D eigenvalue weighted by atomic mass is 10.1. The predicted molar refractivity (Wildman–Crippen MR) is 152 cm³/mol. The average molecular weight is 574 g/mol. The van der Waals surface area contributed by atoms with Gasteiger partial charge in [0.25, 0.3) is 5.56 Å². The Morgan fingerprint density at radius 2 is 1.79 bits per heavy atom. The first-order chi connectivity index (χ1) is 18.8. The van der Waals surface area contributed by atoms with E-state index in [9.17, 15) is 18.0 Å². The fourth-order valence-electron chi connectivity index (χ4n) is 5.58. The van der Waals surface area contributed by atoms with Crippen LogP contribution in [0.4, 0.5) is 5.69 Å². The molecule has 10 nitrogen and oxygen atoms in total. The molecule has 12 heteroatoms. The number of carbonyl (C=O) groups excluding carboxylic acids is 1. The summed E-state index contributed by atoms with van der Waals surface area (Å²) in [7, 11) is -2.34. The van der Waals surface area contributed by atoms with Gasteiger partial charge < -0.3 is 15.0 Å². The van der Waals surface area contributed by atoms with Crippen LogP contribution in [-0.4, -0.2) is 67.5 Å². The van der Waals surface area contributed by atoms with Gasteiger partial charge >= 0.3 is 0 Å². The molecular formula is C27H35N5O5S2. The van der Waals surface area contributed by atoms with Gasteiger partial charge in [-0.1, -0.05) is 37.8 Å². The summed E-state index contributed by atoms with van der Waals surface area (Å²) in [5.41, 5.74) is 0.412. The number of nitrogens with zero attached hydrogens (tertiary/aromatic N) is 4. The Labute approximate surface area is 232 Å². The van der Waals surface area contributed by atoms with Crippen LogP contribution in [0.25, 0.3) is 10.2 Å². The molecule has 39 heavy (non-hydrogen) atoms. The predicted octanol–water partition coefficient (Wildman–Crippen LogP) is 3.12. The Morgan fingerprint density at radius 1 is 1.10 bits per heavy atom. The Balaban J connectivity index is 1.37. The number of piperazine rings is 1. The van der Waals surface area contributed by atoms with Gasteiger partial charge in [-0.15, -0.1) is 11.3 Å². The highest BCUT2D eigenvalue weighted by Crippen LogP contribution is 2.34. The van der Waals surface area contributed by atoms with Gasteiger partial charge in [0.15, 0.2) is 0 Å². The molecule has 0 spiro atoms. The van der Waals surface area contributed by atoms with E-state index < -0.39 is 15.6 Å². The number of hydrogen-bond acceptors (Lipinski definition) is 8. The molecule has 1 aliphatic carbocycles. The minimum atomic E-state index is -3.96. The summed E-state index contributed by atoms with van der Waals surface area (Å²) in [6, 6.07) is 7.78. The number of ether oxygens (including phenoxy) is 1. The zero-order valence-electron chi connectivity index (χ0n) is 22.4. The second kappa shape index (κ2) is 11.6. The molecule has 1 N–H and O–H groups in total. The molecule has 0 radical (unpaired) electrons. The molecule has 1 aliphatic heterocycles. The first-order valence-corrected chi connectivity index (χ1v) is 15.7. The fourth-order valence-corrected chi connectivity index (χ4v) is 8.67. The molecule has 1 saturated carbocycles. The van der Waals surface area contributed by atoms with Crippen LogP contribution < -0.4 is 20.5 Å². The summed E-state index contributed by atoms with van der Waals surface area (Å²) in [6.45, 7) is 3.04. The molecule has 3 aromatic rings. The molecule has 210 valence electrons. The van der Waals surface area contributed by atoms with Gasteiger partial charge in [0, 0.05) is 37.1 Å². The Morgan fingerprint density at radius 3 is 2.49 bits per heavy atom. The Bertz CT molecular complexity index is 1500. The number of hydrogen-bond donors (Lipinski definition) is 1. The Kier molecular flexibility index (Phi) is 8.24. The summed E-state index contributed by atoms with van der Waals surface area (Å²) < 4.78 is 35.9. The van der Waals surface area contributed by atoms with E-state index in [0.29, 0.717) is 22.8 Å². The number of methoxy groups -OCH3 is 1. The smallest absolute Gasteiger partial charge is 0.263 e. The summed E-state index contributed by atoms with van der Waals surface area (Å²) in [4.78, 5) is 33.7. The highest BCUT2D eigenvalue weighted by Gasteiger charge is 2.34. The lowest BCUT2D eigenvalue weighted by Crippen LogP contribution is -2.49. The molecule has 1 amide bonds. The maximum Gasteiger partial charge on any atom is 0.263 e. The van der Waals surface area contributed by atoms with Crippen molar-refractivity contribution < 1.29 is 17.9 Å². The molecular weight excluding hydrogens is 538 g/mol. The molecule has 5 rings (SSSR count). The molecule has 2 aromatic heterocycles. The quantitative estimate of drug-likeness (QED) is 0.432. The van der Waals surface area contributed by atoms with E-state index >= 15 is 0 Å². The minimum absolute atomic E-state index is 0.00395. The topological polar surface area (TPSA) is 114 Å². The standard InChI is InChI=1S/C27H35N5O5S2/c1-19-25(39(35,36)32-15-13-30(14-16-32)21-11-7-8-12-22(21)37-2)24-26(38-19)28-18-31(27(24)34)17-23(33)29-20-9-5-3-4-6-10-20/h7-8,11-12,18,20H,3-6,9-10,13-17H2,1-2H3,(H,29,33). The number of nitrogens with one attached hydrogen (secondary N) is 1. The zero-order chi connectivity index (χ0) is 27.6. The van der Waals surface area contributed by atoms with Gasteiger partial charge in [-0.2, -0.15) is 4.31 Å². The van der Waals surface area contributed by atoms with Crippen molar-refractivity contribution in [1.82, 2.24) is 19.2 Å². The van der Waals surface area contributed by atoms with E-state index in [4.69, 9.17) is 4.74 Å². The lowest BCUT2D eigenvalue weighted by Gasteiger charge is -2.35. The van der Waals surface area contributed by atoms with E-state index in [2.05, 4.69) is 15.2 Å². The molecule has 2 fully saturated rings. The maximum atomic E-state index is 13.9. The third-order valence-corrected chi connectivity index (χ3v) is 10.8. The molecule has 2 aliphatic rings. The van der Waals surface area contributed by atoms with Crippen molar-refractivity contribution in [3.05, 3.63) is 45.8 Å². The number of aryl methyl sites for hydroxylation is 1.